The second-order valence-corrected chi connectivity index (χ2v) is 4.76. The SMILES string of the molecule is CN1CCC(c2nc3ccc(CN)cn3n2)C1. The molecule has 90 valence electrons. The maximum Gasteiger partial charge on any atom is 0.156 e. The van der Waals surface area contributed by atoms with Crippen LogP contribution >= 0.6 is 0 Å². The van der Waals surface area contributed by atoms with Crippen LogP contribution in [0.15, 0.2) is 18.3 Å². The maximum absolute atomic E-state index is 5.62. The van der Waals surface area contributed by atoms with Crippen LogP contribution in [0.2, 0.25) is 0 Å². The summed E-state index contributed by atoms with van der Waals surface area (Å²) in [7, 11) is 2.14. The summed E-state index contributed by atoms with van der Waals surface area (Å²) in [6, 6.07) is 3.99. The van der Waals surface area contributed by atoms with Crippen LogP contribution in [0, 0.1) is 0 Å². The molecule has 2 aromatic rings. The van der Waals surface area contributed by atoms with E-state index in [4.69, 9.17) is 5.73 Å². The van der Waals surface area contributed by atoms with Gasteiger partial charge in [-0.25, -0.2) is 9.50 Å². The number of pyridine rings is 1. The zero-order chi connectivity index (χ0) is 11.8. The van der Waals surface area contributed by atoms with Crippen LogP contribution in [0.4, 0.5) is 0 Å². The van der Waals surface area contributed by atoms with Crippen molar-refractivity contribution in [2.45, 2.75) is 18.9 Å². The molecule has 0 spiro atoms. The van der Waals surface area contributed by atoms with E-state index in [1.54, 1.807) is 0 Å². The molecular formula is C12H17N5. The van der Waals surface area contributed by atoms with E-state index < -0.39 is 0 Å². The van der Waals surface area contributed by atoms with E-state index in [9.17, 15) is 0 Å². The van der Waals surface area contributed by atoms with Gasteiger partial charge in [-0.05, 0) is 31.6 Å². The lowest BCUT2D eigenvalue weighted by atomic mass is 10.1. The van der Waals surface area contributed by atoms with Crippen molar-refractivity contribution in [3.05, 3.63) is 29.7 Å². The fourth-order valence-electron chi connectivity index (χ4n) is 2.38. The first-order valence-electron chi connectivity index (χ1n) is 6.00. The van der Waals surface area contributed by atoms with Crippen LogP contribution in [-0.2, 0) is 6.54 Å². The molecule has 0 aromatic carbocycles. The molecule has 1 fully saturated rings. The molecule has 3 heterocycles. The first kappa shape index (κ1) is 10.7. The number of aromatic nitrogens is 3. The normalized spacial score (nSPS) is 21.4. The lowest BCUT2D eigenvalue weighted by molar-refractivity contribution is 0.409. The second-order valence-electron chi connectivity index (χ2n) is 4.76. The standard InChI is InChI=1S/C12H17N5/c1-16-5-4-10(8-16)12-14-11-3-2-9(6-13)7-17(11)15-12/h2-3,7,10H,4-6,8,13H2,1H3. The van der Waals surface area contributed by atoms with Gasteiger partial charge in [0.05, 0.1) is 0 Å². The maximum atomic E-state index is 5.62. The van der Waals surface area contributed by atoms with Crippen molar-refractivity contribution >= 4 is 5.65 Å². The zero-order valence-corrected chi connectivity index (χ0v) is 10.0. The van der Waals surface area contributed by atoms with Crippen molar-refractivity contribution in [3.8, 4) is 0 Å². The smallest absolute Gasteiger partial charge is 0.156 e. The minimum absolute atomic E-state index is 0.473. The summed E-state index contributed by atoms with van der Waals surface area (Å²) in [5.74, 6) is 1.43. The number of rotatable bonds is 2. The molecule has 2 aromatic heterocycles. The summed E-state index contributed by atoms with van der Waals surface area (Å²) >= 11 is 0. The van der Waals surface area contributed by atoms with Gasteiger partial charge >= 0.3 is 0 Å². The van der Waals surface area contributed by atoms with Gasteiger partial charge in [0, 0.05) is 25.2 Å². The van der Waals surface area contributed by atoms with Crippen molar-refractivity contribution < 1.29 is 0 Å². The van der Waals surface area contributed by atoms with Gasteiger partial charge in [0.2, 0.25) is 0 Å². The Balaban J connectivity index is 1.96. The number of hydrogen-bond donors (Lipinski definition) is 1. The van der Waals surface area contributed by atoms with Crippen molar-refractivity contribution in [3.63, 3.8) is 0 Å². The molecule has 0 amide bonds. The molecule has 0 radical (unpaired) electrons. The molecule has 17 heavy (non-hydrogen) atoms. The highest BCUT2D eigenvalue weighted by atomic mass is 15.3. The Morgan fingerprint density at radius 2 is 2.35 bits per heavy atom. The third kappa shape index (κ3) is 1.92. The van der Waals surface area contributed by atoms with E-state index >= 15 is 0 Å². The Morgan fingerprint density at radius 1 is 1.47 bits per heavy atom. The summed E-state index contributed by atoms with van der Waals surface area (Å²) in [5, 5.41) is 4.56. The predicted octanol–water partition coefficient (Wildman–Crippen LogP) is 0.607. The van der Waals surface area contributed by atoms with Crippen LogP contribution in [-0.4, -0.2) is 39.6 Å². The average molecular weight is 231 g/mol. The Kier molecular flexibility index (Phi) is 2.57. The summed E-state index contributed by atoms with van der Waals surface area (Å²) < 4.78 is 1.84. The predicted molar refractivity (Wildman–Crippen MR) is 65.7 cm³/mol. The van der Waals surface area contributed by atoms with E-state index in [1.807, 2.05) is 22.8 Å². The highest BCUT2D eigenvalue weighted by Crippen LogP contribution is 2.23. The topological polar surface area (TPSA) is 59.5 Å². The minimum atomic E-state index is 0.473. The van der Waals surface area contributed by atoms with E-state index in [2.05, 4.69) is 22.0 Å². The first-order chi connectivity index (χ1) is 8.26. The molecular weight excluding hydrogens is 214 g/mol. The van der Waals surface area contributed by atoms with Crippen LogP contribution in [0.3, 0.4) is 0 Å². The molecule has 1 atom stereocenters. The number of nitrogens with two attached hydrogens (primary N) is 1. The van der Waals surface area contributed by atoms with E-state index in [0.717, 1.165) is 36.5 Å². The summed E-state index contributed by atoms with van der Waals surface area (Å²) in [6.07, 6.45) is 3.11. The summed E-state index contributed by atoms with van der Waals surface area (Å²) in [6.45, 7) is 2.73. The molecule has 1 saturated heterocycles. The van der Waals surface area contributed by atoms with Crippen molar-refractivity contribution in [1.29, 1.82) is 0 Å². The first-order valence-corrected chi connectivity index (χ1v) is 6.00. The second kappa shape index (κ2) is 4.09. The Morgan fingerprint density at radius 3 is 3.06 bits per heavy atom. The van der Waals surface area contributed by atoms with Crippen LogP contribution in [0.1, 0.15) is 23.7 Å². The molecule has 3 rings (SSSR count). The van der Waals surface area contributed by atoms with Crippen molar-refractivity contribution in [2.24, 2.45) is 5.73 Å². The van der Waals surface area contributed by atoms with Crippen LogP contribution in [0.25, 0.3) is 5.65 Å². The molecule has 5 heteroatoms. The fourth-order valence-corrected chi connectivity index (χ4v) is 2.38. The third-order valence-corrected chi connectivity index (χ3v) is 3.40. The fraction of sp³-hybridized carbons (Fsp3) is 0.500. The zero-order valence-electron chi connectivity index (χ0n) is 10.0. The molecule has 0 saturated carbocycles. The lowest BCUT2D eigenvalue weighted by Crippen LogP contribution is -2.13. The Bertz CT molecular complexity index is 533. The Hall–Kier alpha value is -1.46. The molecule has 1 aliphatic rings. The number of fused-ring (bicyclic) bond motifs is 1. The quantitative estimate of drug-likeness (QED) is 0.822. The molecule has 5 nitrogen and oxygen atoms in total. The van der Waals surface area contributed by atoms with Gasteiger partial charge in [-0.2, -0.15) is 5.10 Å². The molecule has 1 unspecified atom stereocenters. The number of likely N-dealkylation sites (tertiary alicyclic amines) is 1. The monoisotopic (exact) mass is 231 g/mol. The molecule has 0 aliphatic carbocycles. The Labute approximate surface area is 100 Å². The van der Waals surface area contributed by atoms with Gasteiger partial charge < -0.3 is 10.6 Å². The van der Waals surface area contributed by atoms with Gasteiger partial charge in [0.1, 0.15) is 0 Å². The van der Waals surface area contributed by atoms with Crippen molar-refractivity contribution in [1.82, 2.24) is 19.5 Å². The average Bonchev–Trinajstić information content (AvgIpc) is 2.93. The highest BCUT2D eigenvalue weighted by Gasteiger charge is 2.24. The third-order valence-electron chi connectivity index (χ3n) is 3.40. The van der Waals surface area contributed by atoms with Crippen LogP contribution in [0.5, 0.6) is 0 Å². The van der Waals surface area contributed by atoms with Crippen LogP contribution < -0.4 is 5.73 Å². The lowest BCUT2D eigenvalue weighted by Gasteiger charge is -2.05. The number of likely N-dealkylation sites (N-methyl/N-ethyl adjacent to an activating group) is 1. The summed E-state index contributed by atoms with van der Waals surface area (Å²) in [4.78, 5) is 6.91. The van der Waals surface area contributed by atoms with Gasteiger partial charge in [-0.1, -0.05) is 6.07 Å². The minimum Gasteiger partial charge on any atom is -0.326 e. The molecule has 1 aliphatic heterocycles. The number of hydrogen-bond acceptors (Lipinski definition) is 4. The van der Waals surface area contributed by atoms with E-state index in [0.29, 0.717) is 12.5 Å². The van der Waals surface area contributed by atoms with Crippen molar-refractivity contribution in [2.75, 3.05) is 20.1 Å². The largest absolute Gasteiger partial charge is 0.326 e. The molecule has 0 bridgehead atoms. The van der Waals surface area contributed by atoms with Gasteiger partial charge in [-0.3, -0.25) is 0 Å². The molecule has 2 N–H and O–H groups in total. The number of nitrogens with zero attached hydrogens (tertiary/aromatic N) is 4. The summed E-state index contributed by atoms with van der Waals surface area (Å²) in [5.41, 5.74) is 7.61. The van der Waals surface area contributed by atoms with E-state index in [1.165, 1.54) is 0 Å². The van der Waals surface area contributed by atoms with Gasteiger partial charge in [-0.15, -0.1) is 0 Å². The van der Waals surface area contributed by atoms with E-state index in [-0.39, 0.29) is 0 Å². The highest BCUT2D eigenvalue weighted by molar-refractivity contribution is 5.39. The van der Waals surface area contributed by atoms with Gasteiger partial charge in [0.15, 0.2) is 11.5 Å². The van der Waals surface area contributed by atoms with Gasteiger partial charge in [0.25, 0.3) is 0 Å².